The highest BCUT2D eigenvalue weighted by Gasteiger charge is 2.26. The largest absolute Gasteiger partial charge is 0.481 e. The summed E-state index contributed by atoms with van der Waals surface area (Å²) in [6, 6.07) is 4.01. The highest BCUT2D eigenvalue weighted by molar-refractivity contribution is 9.11. The lowest BCUT2D eigenvalue weighted by atomic mass is 9.94. The van der Waals surface area contributed by atoms with Gasteiger partial charge in [-0.2, -0.15) is 0 Å². The van der Waals surface area contributed by atoms with Crippen LogP contribution in [0.1, 0.15) is 18.7 Å². The molecule has 0 amide bonds. The van der Waals surface area contributed by atoms with Crippen molar-refractivity contribution in [2.75, 3.05) is 6.54 Å². The number of halogens is 1. The van der Waals surface area contributed by atoms with E-state index < -0.39 is 11.4 Å². The molecule has 1 aromatic heterocycles. The monoisotopic (exact) mass is 291 g/mol. The maximum atomic E-state index is 10.8. The second kappa shape index (κ2) is 5.09. The Hall–Kier alpha value is -0.390. The van der Waals surface area contributed by atoms with Crippen LogP contribution in [0.2, 0.25) is 0 Å². The Kier molecular flexibility index (Phi) is 4.31. The SMILES string of the molecule is CC(C)(CNCc1ccc(Br)s1)C(=O)O. The Bertz CT molecular complexity index is 349. The van der Waals surface area contributed by atoms with Gasteiger partial charge in [0.15, 0.2) is 0 Å². The Morgan fingerprint density at radius 3 is 2.73 bits per heavy atom. The third kappa shape index (κ3) is 3.93. The second-order valence-corrected chi connectivity index (χ2v) is 6.55. The third-order valence-electron chi connectivity index (χ3n) is 2.07. The summed E-state index contributed by atoms with van der Waals surface area (Å²) >= 11 is 5.04. The quantitative estimate of drug-likeness (QED) is 0.877. The molecule has 0 aliphatic rings. The van der Waals surface area contributed by atoms with Gasteiger partial charge in [-0.15, -0.1) is 11.3 Å². The summed E-state index contributed by atoms with van der Waals surface area (Å²) in [5.74, 6) is -0.776. The van der Waals surface area contributed by atoms with E-state index in [-0.39, 0.29) is 0 Å². The van der Waals surface area contributed by atoms with Gasteiger partial charge in [-0.1, -0.05) is 0 Å². The smallest absolute Gasteiger partial charge is 0.310 e. The number of carboxylic acids is 1. The molecule has 5 heteroatoms. The molecule has 1 heterocycles. The van der Waals surface area contributed by atoms with E-state index in [2.05, 4.69) is 21.2 Å². The normalized spacial score (nSPS) is 11.7. The molecule has 0 spiro atoms. The number of rotatable bonds is 5. The average molecular weight is 292 g/mol. The van der Waals surface area contributed by atoms with Gasteiger partial charge < -0.3 is 10.4 Å². The van der Waals surface area contributed by atoms with Gasteiger partial charge in [0, 0.05) is 18.0 Å². The third-order valence-corrected chi connectivity index (χ3v) is 3.70. The summed E-state index contributed by atoms with van der Waals surface area (Å²) in [5, 5.41) is 12.0. The van der Waals surface area contributed by atoms with Gasteiger partial charge >= 0.3 is 5.97 Å². The van der Waals surface area contributed by atoms with Gasteiger partial charge in [0.25, 0.3) is 0 Å². The van der Waals surface area contributed by atoms with Crippen LogP contribution in [0.5, 0.6) is 0 Å². The molecule has 0 unspecified atom stereocenters. The number of nitrogens with one attached hydrogen (secondary N) is 1. The van der Waals surface area contributed by atoms with Crippen LogP contribution in [0.4, 0.5) is 0 Å². The van der Waals surface area contributed by atoms with E-state index in [1.807, 2.05) is 12.1 Å². The van der Waals surface area contributed by atoms with E-state index >= 15 is 0 Å². The van der Waals surface area contributed by atoms with Crippen molar-refractivity contribution in [3.63, 3.8) is 0 Å². The van der Waals surface area contributed by atoms with Gasteiger partial charge in [0.2, 0.25) is 0 Å². The van der Waals surface area contributed by atoms with Crippen LogP contribution in [0, 0.1) is 5.41 Å². The number of aliphatic carboxylic acids is 1. The Morgan fingerprint density at radius 1 is 1.60 bits per heavy atom. The molecule has 0 aliphatic heterocycles. The number of hydrogen-bond acceptors (Lipinski definition) is 3. The molecule has 0 atom stereocenters. The van der Waals surface area contributed by atoms with E-state index in [0.717, 1.165) is 3.79 Å². The van der Waals surface area contributed by atoms with Crippen molar-refractivity contribution < 1.29 is 9.90 Å². The van der Waals surface area contributed by atoms with Gasteiger partial charge in [-0.25, -0.2) is 0 Å². The molecule has 0 aliphatic carbocycles. The van der Waals surface area contributed by atoms with Gasteiger partial charge in [0.05, 0.1) is 9.20 Å². The lowest BCUT2D eigenvalue weighted by Crippen LogP contribution is -2.35. The molecule has 3 nitrogen and oxygen atoms in total. The zero-order valence-corrected chi connectivity index (χ0v) is 11.1. The predicted octanol–water partition coefficient (Wildman–Crippen LogP) is 2.71. The van der Waals surface area contributed by atoms with Crippen LogP contribution in [0.25, 0.3) is 0 Å². The summed E-state index contributed by atoms with van der Waals surface area (Å²) in [4.78, 5) is 12.0. The Balaban J connectivity index is 2.36. The van der Waals surface area contributed by atoms with Crippen LogP contribution >= 0.6 is 27.3 Å². The first-order valence-electron chi connectivity index (χ1n) is 4.60. The van der Waals surface area contributed by atoms with Crippen LogP contribution in [-0.2, 0) is 11.3 Å². The van der Waals surface area contributed by atoms with Gasteiger partial charge in [-0.3, -0.25) is 4.79 Å². The molecule has 1 rings (SSSR count). The fraction of sp³-hybridized carbons (Fsp3) is 0.500. The number of thiophene rings is 1. The van der Waals surface area contributed by atoms with Crippen molar-refractivity contribution in [1.82, 2.24) is 5.32 Å². The molecule has 15 heavy (non-hydrogen) atoms. The number of hydrogen-bond donors (Lipinski definition) is 2. The van der Waals surface area contributed by atoms with E-state index in [1.54, 1.807) is 25.2 Å². The summed E-state index contributed by atoms with van der Waals surface area (Å²) in [6.45, 7) is 4.62. The van der Waals surface area contributed by atoms with E-state index in [0.29, 0.717) is 13.1 Å². The molecule has 0 fully saturated rings. The first-order chi connectivity index (χ1) is 6.92. The highest BCUT2D eigenvalue weighted by atomic mass is 79.9. The van der Waals surface area contributed by atoms with Crippen LogP contribution in [0.3, 0.4) is 0 Å². The molecule has 0 aromatic carbocycles. The minimum absolute atomic E-state index is 0.470. The molecule has 1 aromatic rings. The summed E-state index contributed by atoms with van der Waals surface area (Å²) in [5.41, 5.74) is -0.714. The summed E-state index contributed by atoms with van der Waals surface area (Å²) < 4.78 is 1.09. The molecule has 0 saturated carbocycles. The molecule has 0 radical (unpaired) electrons. The minimum atomic E-state index is -0.776. The van der Waals surface area contributed by atoms with Gasteiger partial charge in [0.1, 0.15) is 0 Å². The van der Waals surface area contributed by atoms with Crippen molar-refractivity contribution in [1.29, 1.82) is 0 Å². The van der Waals surface area contributed by atoms with Crippen molar-refractivity contribution >= 4 is 33.2 Å². The number of carboxylic acid groups (broad SMARTS) is 1. The van der Waals surface area contributed by atoms with Crippen molar-refractivity contribution in [3.05, 3.63) is 20.8 Å². The first-order valence-corrected chi connectivity index (χ1v) is 6.21. The van der Waals surface area contributed by atoms with Crippen molar-refractivity contribution in [2.45, 2.75) is 20.4 Å². The Labute approximate surface area is 102 Å². The topological polar surface area (TPSA) is 49.3 Å². The predicted molar refractivity (Wildman–Crippen MR) is 65.1 cm³/mol. The maximum absolute atomic E-state index is 10.8. The fourth-order valence-electron chi connectivity index (χ4n) is 1.02. The van der Waals surface area contributed by atoms with Crippen molar-refractivity contribution in [3.8, 4) is 0 Å². The second-order valence-electron chi connectivity index (χ2n) is 4.00. The van der Waals surface area contributed by atoms with E-state index in [1.165, 1.54) is 4.88 Å². The lowest BCUT2D eigenvalue weighted by Gasteiger charge is -2.19. The molecule has 0 bridgehead atoms. The van der Waals surface area contributed by atoms with E-state index in [9.17, 15) is 4.79 Å². The van der Waals surface area contributed by atoms with Crippen LogP contribution in [0.15, 0.2) is 15.9 Å². The molecule has 2 N–H and O–H groups in total. The molecule has 0 saturated heterocycles. The fourth-order valence-corrected chi connectivity index (χ4v) is 2.47. The average Bonchev–Trinajstić information content (AvgIpc) is 2.51. The summed E-state index contributed by atoms with van der Waals surface area (Å²) in [6.07, 6.45) is 0. The highest BCUT2D eigenvalue weighted by Crippen LogP contribution is 2.22. The molecular weight excluding hydrogens is 278 g/mol. The summed E-state index contributed by atoms with van der Waals surface area (Å²) in [7, 11) is 0. The van der Waals surface area contributed by atoms with E-state index in [4.69, 9.17) is 5.11 Å². The standard InChI is InChI=1S/C10H14BrNO2S/c1-10(2,9(13)14)6-12-5-7-3-4-8(11)15-7/h3-4,12H,5-6H2,1-2H3,(H,13,14). The van der Waals surface area contributed by atoms with Crippen LogP contribution in [-0.4, -0.2) is 17.6 Å². The lowest BCUT2D eigenvalue weighted by molar-refractivity contribution is -0.146. The zero-order valence-electron chi connectivity index (χ0n) is 8.71. The zero-order chi connectivity index (χ0) is 11.5. The maximum Gasteiger partial charge on any atom is 0.310 e. The Morgan fingerprint density at radius 2 is 2.27 bits per heavy atom. The minimum Gasteiger partial charge on any atom is -0.481 e. The van der Waals surface area contributed by atoms with Gasteiger partial charge in [-0.05, 0) is 41.9 Å². The first kappa shape index (κ1) is 12.7. The molecule has 84 valence electrons. The van der Waals surface area contributed by atoms with Crippen LogP contribution < -0.4 is 5.32 Å². The molecular formula is C10H14BrNO2S. The van der Waals surface area contributed by atoms with Crippen molar-refractivity contribution in [2.24, 2.45) is 5.41 Å². The number of carbonyl (C=O) groups is 1.